The van der Waals surface area contributed by atoms with Crippen molar-refractivity contribution in [2.75, 3.05) is 26.2 Å². The van der Waals surface area contributed by atoms with Gasteiger partial charge in [-0.3, -0.25) is 9.59 Å². The monoisotopic (exact) mass is 426 g/mol. The molecule has 1 aliphatic rings. The maximum Gasteiger partial charge on any atom is 0.295 e. The summed E-state index contributed by atoms with van der Waals surface area (Å²) in [5, 5.41) is 11.5. The Morgan fingerprint density at radius 3 is 2.20 bits per heavy atom. The molecule has 1 saturated heterocycles. The summed E-state index contributed by atoms with van der Waals surface area (Å²) in [5.74, 6) is -1.42. The minimum absolute atomic E-state index is 0.116. The van der Waals surface area contributed by atoms with Crippen molar-refractivity contribution < 1.29 is 14.7 Å². The lowest BCUT2D eigenvalue weighted by Gasteiger charge is -2.28. The lowest BCUT2D eigenvalue weighted by Crippen LogP contribution is -2.38. The fourth-order valence-electron chi connectivity index (χ4n) is 3.76. The summed E-state index contributed by atoms with van der Waals surface area (Å²) in [6, 6.07) is 13.7. The maximum absolute atomic E-state index is 13.0. The van der Waals surface area contributed by atoms with Crippen molar-refractivity contribution >= 4 is 29.1 Å². The number of likely N-dealkylation sites (tertiary alicyclic amines) is 1. The number of nitrogens with zero attached hydrogens (tertiary/aromatic N) is 2. The Kier molecular flexibility index (Phi) is 6.95. The lowest BCUT2D eigenvalue weighted by atomic mass is 9.95. The second kappa shape index (κ2) is 9.45. The molecule has 5 nitrogen and oxygen atoms in total. The molecule has 30 heavy (non-hydrogen) atoms. The SMILES string of the molecule is CCN(CC)CCN1C(=O)C(=O)C(=C(O)c2ccc(Cl)cc2)C1c1ccc(C)cc1. The highest BCUT2D eigenvalue weighted by Crippen LogP contribution is 2.39. The van der Waals surface area contributed by atoms with Crippen LogP contribution in [0.2, 0.25) is 5.02 Å². The average molecular weight is 427 g/mol. The molecule has 0 aromatic heterocycles. The van der Waals surface area contributed by atoms with E-state index in [1.54, 1.807) is 29.2 Å². The van der Waals surface area contributed by atoms with Gasteiger partial charge in [0.15, 0.2) is 0 Å². The third-order valence-electron chi connectivity index (χ3n) is 5.60. The number of hydrogen-bond donors (Lipinski definition) is 1. The fourth-order valence-corrected chi connectivity index (χ4v) is 3.88. The number of hydrogen-bond acceptors (Lipinski definition) is 4. The van der Waals surface area contributed by atoms with Gasteiger partial charge in [0.25, 0.3) is 11.7 Å². The molecule has 3 rings (SSSR count). The van der Waals surface area contributed by atoms with Crippen LogP contribution in [0.1, 0.15) is 36.6 Å². The van der Waals surface area contributed by atoms with Crippen molar-refractivity contribution in [1.82, 2.24) is 9.80 Å². The molecular weight excluding hydrogens is 400 g/mol. The molecule has 0 spiro atoms. The summed E-state index contributed by atoms with van der Waals surface area (Å²) in [4.78, 5) is 29.7. The number of Topliss-reactive ketones (excluding diaryl/α,β-unsaturated/α-hetero) is 1. The van der Waals surface area contributed by atoms with Crippen LogP contribution in [-0.4, -0.2) is 52.8 Å². The number of aliphatic hydroxyl groups is 1. The van der Waals surface area contributed by atoms with Gasteiger partial charge in [-0.25, -0.2) is 0 Å². The van der Waals surface area contributed by atoms with E-state index >= 15 is 0 Å². The molecule has 0 aliphatic carbocycles. The van der Waals surface area contributed by atoms with Gasteiger partial charge in [0.2, 0.25) is 0 Å². The van der Waals surface area contributed by atoms with Crippen LogP contribution in [0.4, 0.5) is 0 Å². The predicted molar refractivity (Wildman–Crippen MR) is 119 cm³/mol. The number of amides is 1. The molecule has 1 fully saturated rings. The van der Waals surface area contributed by atoms with Crippen LogP contribution in [0.15, 0.2) is 54.1 Å². The van der Waals surface area contributed by atoms with Crippen molar-refractivity contribution in [1.29, 1.82) is 0 Å². The van der Waals surface area contributed by atoms with Crippen molar-refractivity contribution in [2.24, 2.45) is 0 Å². The highest BCUT2D eigenvalue weighted by atomic mass is 35.5. The Labute approximate surface area is 182 Å². The van der Waals surface area contributed by atoms with Crippen LogP contribution in [0, 0.1) is 6.92 Å². The summed E-state index contributed by atoms with van der Waals surface area (Å²) in [5.41, 5.74) is 2.45. The van der Waals surface area contributed by atoms with Crippen LogP contribution >= 0.6 is 11.6 Å². The number of halogens is 1. The molecule has 6 heteroatoms. The Balaban J connectivity index is 2.08. The molecule has 2 aromatic rings. The highest BCUT2D eigenvalue weighted by molar-refractivity contribution is 6.46. The number of rotatable bonds is 7. The summed E-state index contributed by atoms with van der Waals surface area (Å²) in [6.07, 6.45) is 0. The van der Waals surface area contributed by atoms with Gasteiger partial charge in [-0.15, -0.1) is 0 Å². The first kappa shape index (κ1) is 22.1. The number of aliphatic hydroxyl groups excluding tert-OH is 1. The highest BCUT2D eigenvalue weighted by Gasteiger charge is 2.45. The van der Waals surface area contributed by atoms with E-state index in [2.05, 4.69) is 18.7 Å². The topological polar surface area (TPSA) is 60.9 Å². The third-order valence-corrected chi connectivity index (χ3v) is 5.85. The Hall–Kier alpha value is -2.63. The second-order valence-corrected chi connectivity index (χ2v) is 7.87. The zero-order chi connectivity index (χ0) is 21.8. The Morgan fingerprint density at radius 2 is 1.63 bits per heavy atom. The normalized spacial score (nSPS) is 18.4. The first-order chi connectivity index (χ1) is 14.4. The summed E-state index contributed by atoms with van der Waals surface area (Å²) in [7, 11) is 0. The number of carbonyl (C=O) groups is 2. The molecule has 0 bridgehead atoms. The quantitative estimate of drug-likeness (QED) is 0.404. The molecule has 158 valence electrons. The molecule has 0 saturated carbocycles. The van der Waals surface area contributed by atoms with Crippen LogP contribution in [0.3, 0.4) is 0 Å². The molecular formula is C24H27ClN2O3. The van der Waals surface area contributed by atoms with Crippen molar-refractivity contribution in [3.05, 3.63) is 75.8 Å². The summed E-state index contributed by atoms with van der Waals surface area (Å²) in [6.45, 7) is 8.90. The number of carbonyl (C=O) groups excluding carboxylic acids is 2. The fraction of sp³-hybridized carbons (Fsp3) is 0.333. The Morgan fingerprint density at radius 1 is 1.03 bits per heavy atom. The van der Waals surface area contributed by atoms with Gasteiger partial charge in [0, 0.05) is 23.7 Å². The molecule has 1 unspecified atom stereocenters. The van der Waals surface area contributed by atoms with Crippen LogP contribution in [-0.2, 0) is 9.59 Å². The smallest absolute Gasteiger partial charge is 0.295 e. The average Bonchev–Trinajstić information content (AvgIpc) is 3.00. The van der Waals surface area contributed by atoms with Gasteiger partial charge < -0.3 is 14.9 Å². The van der Waals surface area contributed by atoms with Gasteiger partial charge in [-0.1, -0.05) is 55.3 Å². The van der Waals surface area contributed by atoms with Gasteiger partial charge in [-0.05, 0) is 49.8 Å². The van der Waals surface area contributed by atoms with Gasteiger partial charge in [-0.2, -0.15) is 0 Å². The van der Waals surface area contributed by atoms with E-state index < -0.39 is 17.7 Å². The predicted octanol–water partition coefficient (Wildman–Crippen LogP) is 4.41. The van der Waals surface area contributed by atoms with Gasteiger partial charge in [0.05, 0.1) is 11.6 Å². The van der Waals surface area contributed by atoms with E-state index in [1.807, 2.05) is 31.2 Å². The van der Waals surface area contributed by atoms with Gasteiger partial charge in [0.1, 0.15) is 5.76 Å². The van der Waals surface area contributed by atoms with Crippen LogP contribution in [0.5, 0.6) is 0 Å². The van der Waals surface area contributed by atoms with Crippen LogP contribution in [0.25, 0.3) is 5.76 Å². The second-order valence-electron chi connectivity index (χ2n) is 7.44. The minimum atomic E-state index is -0.660. The molecule has 1 atom stereocenters. The zero-order valence-electron chi connectivity index (χ0n) is 17.6. The van der Waals surface area contributed by atoms with Crippen molar-refractivity contribution in [3.8, 4) is 0 Å². The van der Waals surface area contributed by atoms with Crippen LogP contribution < -0.4 is 0 Å². The van der Waals surface area contributed by atoms with E-state index in [0.29, 0.717) is 23.7 Å². The maximum atomic E-state index is 13.0. The number of ketones is 1. The summed E-state index contributed by atoms with van der Waals surface area (Å²) < 4.78 is 0. The Bertz CT molecular complexity index is 947. The van der Waals surface area contributed by atoms with Crippen molar-refractivity contribution in [2.45, 2.75) is 26.8 Å². The van der Waals surface area contributed by atoms with Crippen molar-refractivity contribution in [3.63, 3.8) is 0 Å². The molecule has 1 heterocycles. The van der Waals surface area contributed by atoms with Gasteiger partial charge >= 0.3 is 0 Å². The zero-order valence-corrected chi connectivity index (χ0v) is 18.3. The number of likely N-dealkylation sites (N-methyl/N-ethyl adjacent to an activating group) is 1. The molecule has 2 aromatic carbocycles. The first-order valence-electron chi connectivity index (χ1n) is 10.2. The van der Waals surface area contributed by atoms with E-state index in [0.717, 1.165) is 24.2 Å². The molecule has 1 amide bonds. The van der Waals surface area contributed by atoms with E-state index in [-0.39, 0.29) is 11.3 Å². The number of benzene rings is 2. The molecule has 1 N–H and O–H groups in total. The lowest BCUT2D eigenvalue weighted by molar-refractivity contribution is -0.140. The minimum Gasteiger partial charge on any atom is -0.507 e. The van der Waals surface area contributed by atoms with E-state index in [1.165, 1.54) is 0 Å². The third kappa shape index (κ3) is 4.42. The van der Waals surface area contributed by atoms with E-state index in [9.17, 15) is 14.7 Å². The molecule has 0 radical (unpaired) electrons. The standard InChI is InChI=1S/C24H27ClN2O3/c1-4-26(5-2)14-15-27-21(17-8-6-16(3)7-9-17)20(23(29)24(27)30)22(28)18-10-12-19(25)13-11-18/h6-13,21,28H,4-5,14-15H2,1-3H3. The number of aryl methyl sites for hydroxylation is 1. The first-order valence-corrected chi connectivity index (χ1v) is 10.6. The molecule has 1 aliphatic heterocycles. The van der Waals surface area contributed by atoms with E-state index in [4.69, 9.17) is 11.6 Å². The summed E-state index contributed by atoms with van der Waals surface area (Å²) >= 11 is 5.96. The largest absolute Gasteiger partial charge is 0.507 e.